The van der Waals surface area contributed by atoms with Crippen LogP contribution >= 0.6 is 0 Å². The van der Waals surface area contributed by atoms with E-state index in [1.54, 1.807) is 13.8 Å². The average molecular weight is 503 g/mol. The van der Waals surface area contributed by atoms with Crippen molar-refractivity contribution in [1.29, 1.82) is 0 Å². The molecular formula is C29H36N5O3+. The monoisotopic (exact) mass is 502 g/mol. The summed E-state index contributed by atoms with van der Waals surface area (Å²) in [6, 6.07) is 14.7. The smallest absolute Gasteiger partial charge is 0.348 e. The Hall–Kier alpha value is -3.33. The fraction of sp³-hybridized carbons (Fsp3) is 0.414. The van der Waals surface area contributed by atoms with E-state index in [-0.39, 0.29) is 23.7 Å². The summed E-state index contributed by atoms with van der Waals surface area (Å²) >= 11 is 0. The zero-order chi connectivity index (χ0) is 26.4. The normalized spacial score (nSPS) is 21.5. The van der Waals surface area contributed by atoms with E-state index in [4.69, 9.17) is 5.73 Å². The van der Waals surface area contributed by atoms with Crippen LogP contribution in [0, 0.1) is 0 Å². The Balaban J connectivity index is 1.61. The summed E-state index contributed by atoms with van der Waals surface area (Å²) in [7, 11) is 0. The van der Waals surface area contributed by atoms with Crippen LogP contribution in [0.15, 0.2) is 54.7 Å². The molecule has 37 heavy (non-hydrogen) atoms. The number of carbonyl (C=O) groups is 3. The molecule has 8 nitrogen and oxygen atoms in total. The van der Waals surface area contributed by atoms with Crippen LogP contribution < -0.4 is 20.9 Å². The molecule has 3 amide bonds. The quantitative estimate of drug-likeness (QED) is 0.400. The maximum absolute atomic E-state index is 14.7. The lowest BCUT2D eigenvalue weighted by atomic mass is 9.75. The highest BCUT2D eigenvalue weighted by atomic mass is 16.2. The van der Waals surface area contributed by atoms with Crippen molar-refractivity contribution < 1.29 is 14.4 Å². The summed E-state index contributed by atoms with van der Waals surface area (Å²) in [4.78, 5) is 44.6. The van der Waals surface area contributed by atoms with Gasteiger partial charge in [0.05, 0.1) is 17.9 Å². The van der Waals surface area contributed by atoms with E-state index >= 15 is 0 Å². The lowest BCUT2D eigenvalue weighted by Gasteiger charge is -2.37. The van der Waals surface area contributed by atoms with Crippen molar-refractivity contribution in [3.8, 4) is 0 Å². The molecule has 1 spiro atoms. The average Bonchev–Trinajstić information content (AvgIpc) is 3.41. The Morgan fingerprint density at radius 3 is 2.46 bits per heavy atom. The van der Waals surface area contributed by atoms with Crippen molar-refractivity contribution >= 4 is 34.3 Å². The lowest BCUT2D eigenvalue weighted by Crippen LogP contribution is -2.67. The summed E-state index contributed by atoms with van der Waals surface area (Å²) in [5, 5.41) is 7.32. The molecule has 0 saturated carbocycles. The summed E-state index contributed by atoms with van der Waals surface area (Å²) in [5.74, 6) is -0.993. The molecule has 2 atom stereocenters. The highest BCUT2D eigenvalue weighted by Crippen LogP contribution is 2.50. The molecule has 1 saturated heterocycles. The lowest BCUT2D eigenvalue weighted by molar-refractivity contribution is -0.146. The fourth-order valence-electron chi connectivity index (χ4n) is 6.18. The summed E-state index contributed by atoms with van der Waals surface area (Å²) < 4.78 is -0.408. The molecule has 8 heteroatoms. The first-order chi connectivity index (χ1) is 17.6. The number of benzene rings is 2. The third-order valence-corrected chi connectivity index (χ3v) is 8.19. The number of H-pyrrole nitrogens is 1. The zero-order valence-corrected chi connectivity index (χ0v) is 21.8. The third-order valence-electron chi connectivity index (χ3n) is 8.19. The maximum Gasteiger partial charge on any atom is 0.348 e. The minimum absolute atomic E-state index is 0.238. The number of amides is 3. The van der Waals surface area contributed by atoms with Crippen LogP contribution in [0.2, 0.25) is 0 Å². The Bertz CT molecular complexity index is 1370. The molecule has 194 valence electrons. The van der Waals surface area contributed by atoms with Crippen molar-refractivity contribution in [3.05, 3.63) is 65.9 Å². The molecule has 2 aliphatic rings. The van der Waals surface area contributed by atoms with Crippen LogP contribution in [-0.4, -0.2) is 53.9 Å². The fourth-order valence-corrected chi connectivity index (χ4v) is 6.18. The van der Waals surface area contributed by atoms with Gasteiger partial charge in [-0.15, -0.1) is 0 Å². The van der Waals surface area contributed by atoms with Gasteiger partial charge in [0.25, 0.3) is 0 Å². The number of quaternary nitrogens is 1. The molecule has 0 aliphatic carbocycles. The number of carbonyl (C=O) groups excluding carboxylic acids is 3. The SMILES string of the molecule is CC(=O)[N+]1(C(=O)[C@@H](Cc2c[nH]c3ccccc23)NC(=O)C(C)(C)N)CC2(CCNCC2)c2ccccc21. The molecule has 1 fully saturated rings. The second kappa shape index (κ2) is 9.20. The van der Waals surface area contributed by atoms with E-state index < -0.39 is 22.0 Å². The van der Waals surface area contributed by atoms with Gasteiger partial charge in [-0.25, -0.2) is 9.59 Å². The number of fused-ring (bicyclic) bond motifs is 3. The number of nitrogens with two attached hydrogens (primary N) is 1. The van der Waals surface area contributed by atoms with Crippen LogP contribution in [0.5, 0.6) is 0 Å². The summed E-state index contributed by atoms with van der Waals surface area (Å²) in [6.07, 6.45) is 3.81. The van der Waals surface area contributed by atoms with E-state index in [1.807, 2.05) is 48.7 Å². The summed E-state index contributed by atoms with van der Waals surface area (Å²) in [5.41, 5.74) is 8.31. The Kier molecular flexibility index (Phi) is 6.30. The van der Waals surface area contributed by atoms with Gasteiger partial charge in [-0.2, -0.15) is 4.48 Å². The first-order valence-electron chi connectivity index (χ1n) is 13.0. The molecular weight excluding hydrogens is 466 g/mol. The second-order valence-electron chi connectivity index (χ2n) is 11.2. The van der Waals surface area contributed by atoms with Gasteiger partial charge in [0.15, 0.2) is 5.69 Å². The van der Waals surface area contributed by atoms with Crippen molar-refractivity contribution in [2.45, 2.75) is 57.0 Å². The van der Waals surface area contributed by atoms with Crippen LogP contribution in [0.25, 0.3) is 10.9 Å². The third kappa shape index (κ3) is 4.19. The maximum atomic E-state index is 14.7. The number of piperidine rings is 1. The van der Waals surface area contributed by atoms with E-state index in [0.29, 0.717) is 6.54 Å². The van der Waals surface area contributed by atoms with Crippen molar-refractivity contribution in [3.63, 3.8) is 0 Å². The number of rotatable bonds is 5. The van der Waals surface area contributed by atoms with Gasteiger partial charge in [0.2, 0.25) is 5.91 Å². The van der Waals surface area contributed by atoms with E-state index in [1.165, 1.54) is 6.92 Å². The first-order valence-corrected chi connectivity index (χ1v) is 13.0. The molecule has 3 heterocycles. The van der Waals surface area contributed by atoms with E-state index in [0.717, 1.165) is 53.6 Å². The molecule has 1 aromatic heterocycles. The van der Waals surface area contributed by atoms with Gasteiger partial charge >= 0.3 is 11.8 Å². The number of nitrogens with one attached hydrogen (secondary N) is 3. The molecule has 0 radical (unpaired) electrons. The predicted octanol–water partition coefficient (Wildman–Crippen LogP) is 2.65. The number of para-hydroxylation sites is 2. The molecule has 5 N–H and O–H groups in total. The standard InChI is InChI=1S/C29H35N5O3/c1-19(35)34(18-29(12-14-31-15-13-29)22-9-5-7-11-25(22)34)26(36)24(33-27(37)28(2,3)30)16-20-17-32-23-10-6-4-8-21(20)23/h4-11,17,24,31-32H,12-16,18,30H2,1-3H3/p+1/t24-,34?/m1/s1. The molecule has 2 aliphatic heterocycles. The Labute approximate surface area is 217 Å². The molecule has 3 aromatic rings. The highest BCUT2D eigenvalue weighted by molar-refractivity contribution is 6.13. The van der Waals surface area contributed by atoms with Crippen LogP contribution in [0.1, 0.15) is 44.7 Å². The van der Waals surface area contributed by atoms with Gasteiger partial charge in [-0.1, -0.05) is 36.4 Å². The first kappa shape index (κ1) is 25.3. The zero-order valence-electron chi connectivity index (χ0n) is 21.8. The molecule has 1 unspecified atom stereocenters. The summed E-state index contributed by atoms with van der Waals surface area (Å²) in [6.45, 7) is 6.75. The molecule has 2 aromatic carbocycles. The molecule has 0 bridgehead atoms. The topological polar surface area (TPSA) is 117 Å². The van der Waals surface area contributed by atoms with Crippen molar-refractivity contribution in [2.24, 2.45) is 5.73 Å². The van der Waals surface area contributed by atoms with Crippen molar-refractivity contribution in [1.82, 2.24) is 20.1 Å². The highest BCUT2D eigenvalue weighted by Gasteiger charge is 2.61. The van der Waals surface area contributed by atoms with E-state index in [2.05, 4.69) is 21.7 Å². The Morgan fingerprint density at radius 2 is 1.76 bits per heavy atom. The number of nitrogens with zero attached hydrogens (tertiary/aromatic N) is 1. The number of imide groups is 1. The number of aromatic amines is 1. The minimum Gasteiger partial charge on any atom is -0.361 e. The predicted molar refractivity (Wildman–Crippen MR) is 145 cm³/mol. The largest absolute Gasteiger partial charge is 0.361 e. The van der Waals surface area contributed by atoms with Crippen LogP contribution in [0.4, 0.5) is 5.69 Å². The van der Waals surface area contributed by atoms with E-state index in [9.17, 15) is 14.4 Å². The van der Waals surface area contributed by atoms with Gasteiger partial charge in [0, 0.05) is 35.2 Å². The van der Waals surface area contributed by atoms with Crippen molar-refractivity contribution in [2.75, 3.05) is 19.6 Å². The Morgan fingerprint density at radius 1 is 1.08 bits per heavy atom. The number of aromatic nitrogens is 1. The minimum atomic E-state index is -1.18. The number of hydrogen-bond donors (Lipinski definition) is 4. The van der Waals surface area contributed by atoms with Gasteiger partial charge in [0.1, 0.15) is 12.6 Å². The molecule has 5 rings (SSSR count). The van der Waals surface area contributed by atoms with Gasteiger partial charge in [-0.05, 0) is 51.4 Å². The number of hydrogen-bond acceptors (Lipinski definition) is 5. The second-order valence-corrected chi connectivity index (χ2v) is 11.2. The van der Waals surface area contributed by atoms with Crippen LogP contribution in [-0.2, 0) is 26.2 Å². The van der Waals surface area contributed by atoms with Gasteiger partial charge < -0.3 is 21.4 Å². The van der Waals surface area contributed by atoms with Gasteiger partial charge in [-0.3, -0.25) is 4.79 Å². The van der Waals surface area contributed by atoms with Crippen LogP contribution in [0.3, 0.4) is 0 Å².